The number of amides is 1. The first-order chi connectivity index (χ1) is 9.08. The van der Waals surface area contributed by atoms with Crippen LogP contribution in [0.1, 0.15) is 26.0 Å². The predicted octanol–water partition coefficient (Wildman–Crippen LogP) is 3.11. The van der Waals surface area contributed by atoms with Crippen molar-refractivity contribution in [3.05, 3.63) is 36.0 Å². The Morgan fingerprint density at radius 2 is 2.05 bits per heavy atom. The summed E-state index contributed by atoms with van der Waals surface area (Å²) in [4.78, 5) is 12.0. The van der Waals surface area contributed by atoms with Crippen LogP contribution in [0.3, 0.4) is 0 Å². The highest BCUT2D eigenvalue weighted by atomic mass is 16.1. The van der Waals surface area contributed by atoms with Crippen LogP contribution in [0.25, 0.3) is 10.9 Å². The molecule has 0 unspecified atom stereocenters. The molecular weight excluding hydrogens is 236 g/mol. The Balaban J connectivity index is 2.04. The lowest BCUT2D eigenvalue weighted by Crippen LogP contribution is -2.29. The average molecular weight is 258 g/mol. The molecule has 1 N–H and O–H groups in total. The van der Waals surface area contributed by atoms with Crippen molar-refractivity contribution < 1.29 is 4.79 Å². The highest BCUT2D eigenvalue weighted by molar-refractivity contribution is 5.84. The van der Waals surface area contributed by atoms with Crippen LogP contribution in [0.4, 0.5) is 0 Å². The summed E-state index contributed by atoms with van der Waals surface area (Å²) in [7, 11) is 0. The van der Waals surface area contributed by atoms with E-state index in [1.807, 2.05) is 19.1 Å². The fraction of sp³-hybridized carbons (Fsp3) is 0.438. The number of hydrogen-bond acceptors (Lipinski definition) is 1. The van der Waals surface area contributed by atoms with Gasteiger partial charge in [-0.2, -0.15) is 0 Å². The summed E-state index contributed by atoms with van der Waals surface area (Å²) >= 11 is 0. The van der Waals surface area contributed by atoms with E-state index in [0.29, 0.717) is 12.5 Å². The molecule has 102 valence electrons. The minimum atomic E-state index is 0.0881. The summed E-state index contributed by atoms with van der Waals surface area (Å²) < 4.78 is 2.07. The fourth-order valence-corrected chi connectivity index (χ4v) is 2.26. The Hall–Kier alpha value is -1.77. The highest BCUT2D eigenvalue weighted by Crippen LogP contribution is 2.18. The SMILES string of the molecule is Cc1cc2ccccc2n1CC(=O)NCCC(C)C. The van der Waals surface area contributed by atoms with E-state index < -0.39 is 0 Å². The van der Waals surface area contributed by atoms with Crippen LogP contribution in [0.5, 0.6) is 0 Å². The van der Waals surface area contributed by atoms with E-state index in [4.69, 9.17) is 0 Å². The summed E-state index contributed by atoms with van der Waals surface area (Å²) in [6.45, 7) is 7.53. The van der Waals surface area contributed by atoms with Crippen LogP contribution in [-0.4, -0.2) is 17.0 Å². The molecule has 0 saturated heterocycles. The van der Waals surface area contributed by atoms with Gasteiger partial charge in [0.05, 0.1) is 0 Å². The minimum absolute atomic E-state index is 0.0881. The predicted molar refractivity (Wildman–Crippen MR) is 79.1 cm³/mol. The molecule has 0 saturated carbocycles. The Morgan fingerprint density at radius 1 is 1.32 bits per heavy atom. The van der Waals surface area contributed by atoms with Crippen LogP contribution < -0.4 is 5.32 Å². The van der Waals surface area contributed by atoms with E-state index in [0.717, 1.165) is 24.2 Å². The van der Waals surface area contributed by atoms with Gasteiger partial charge in [-0.3, -0.25) is 4.79 Å². The van der Waals surface area contributed by atoms with Gasteiger partial charge < -0.3 is 9.88 Å². The maximum Gasteiger partial charge on any atom is 0.239 e. The molecule has 0 atom stereocenters. The maximum absolute atomic E-state index is 12.0. The minimum Gasteiger partial charge on any atom is -0.355 e. The third-order valence-corrected chi connectivity index (χ3v) is 3.36. The van der Waals surface area contributed by atoms with Gasteiger partial charge in [-0.25, -0.2) is 0 Å². The van der Waals surface area contributed by atoms with E-state index in [-0.39, 0.29) is 5.91 Å². The molecule has 0 radical (unpaired) electrons. The number of nitrogens with one attached hydrogen (secondary N) is 1. The van der Waals surface area contributed by atoms with Crippen LogP contribution in [0, 0.1) is 12.8 Å². The van der Waals surface area contributed by atoms with Crippen molar-refractivity contribution >= 4 is 16.8 Å². The second kappa shape index (κ2) is 5.91. The van der Waals surface area contributed by atoms with Crippen molar-refractivity contribution in [2.24, 2.45) is 5.92 Å². The quantitative estimate of drug-likeness (QED) is 0.878. The molecule has 0 aliphatic rings. The molecule has 3 nitrogen and oxygen atoms in total. The fourth-order valence-electron chi connectivity index (χ4n) is 2.26. The van der Waals surface area contributed by atoms with Crippen LogP contribution in [0.2, 0.25) is 0 Å². The largest absolute Gasteiger partial charge is 0.355 e. The van der Waals surface area contributed by atoms with Crippen molar-refractivity contribution in [2.45, 2.75) is 33.7 Å². The molecule has 1 heterocycles. The van der Waals surface area contributed by atoms with Gasteiger partial charge in [-0.15, -0.1) is 0 Å². The zero-order valence-electron chi connectivity index (χ0n) is 11.9. The maximum atomic E-state index is 12.0. The van der Waals surface area contributed by atoms with Gasteiger partial charge >= 0.3 is 0 Å². The zero-order valence-corrected chi connectivity index (χ0v) is 11.9. The molecule has 19 heavy (non-hydrogen) atoms. The lowest BCUT2D eigenvalue weighted by Gasteiger charge is -2.10. The van der Waals surface area contributed by atoms with Crippen LogP contribution >= 0.6 is 0 Å². The number of nitrogens with zero attached hydrogens (tertiary/aromatic N) is 1. The summed E-state index contributed by atoms with van der Waals surface area (Å²) in [5, 5.41) is 4.17. The van der Waals surface area contributed by atoms with Gasteiger partial charge in [-0.1, -0.05) is 32.0 Å². The number of para-hydroxylation sites is 1. The molecule has 1 aromatic carbocycles. The van der Waals surface area contributed by atoms with Crippen molar-refractivity contribution in [2.75, 3.05) is 6.54 Å². The Kier molecular flexibility index (Phi) is 4.25. The van der Waals surface area contributed by atoms with Crippen molar-refractivity contribution in [3.63, 3.8) is 0 Å². The number of aryl methyl sites for hydroxylation is 1. The van der Waals surface area contributed by atoms with Crippen molar-refractivity contribution in [1.82, 2.24) is 9.88 Å². The number of fused-ring (bicyclic) bond motifs is 1. The summed E-state index contributed by atoms with van der Waals surface area (Å²) in [6.07, 6.45) is 1.02. The molecule has 1 aromatic heterocycles. The number of hydrogen-bond donors (Lipinski definition) is 1. The van der Waals surface area contributed by atoms with Crippen molar-refractivity contribution in [3.8, 4) is 0 Å². The molecular formula is C16H22N2O. The zero-order chi connectivity index (χ0) is 13.8. The Labute approximate surface area is 114 Å². The van der Waals surface area contributed by atoms with Gasteiger partial charge in [0, 0.05) is 17.8 Å². The van der Waals surface area contributed by atoms with Gasteiger partial charge in [0.15, 0.2) is 0 Å². The Morgan fingerprint density at radius 3 is 2.79 bits per heavy atom. The third-order valence-electron chi connectivity index (χ3n) is 3.36. The summed E-state index contributed by atoms with van der Waals surface area (Å²) in [5.74, 6) is 0.708. The number of carbonyl (C=O) groups is 1. The van der Waals surface area contributed by atoms with Crippen LogP contribution in [0.15, 0.2) is 30.3 Å². The average Bonchev–Trinajstić information content (AvgIpc) is 2.66. The molecule has 0 aliphatic heterocycles. The monoisotopic (exact) mass is 258 g/mol. The molecule has 2 rings (SSSR count). The Bertz CT molecular complexity index is 569. The van der Waals surface area contributed by atoms with Gasteiger partial charge in [0.1, 0.15) is 6.54 Å². The number of benzene rings is 1. The molecule has 0 fully saturated rings. The molecule has 2 aromatic rings. The first kappa shape index (κ1) is 13.7. The summed E-state index contributed by atoms with van der Waals surface area (Å²) in [6, 6.07) is 10.3. The first-order valence-corrected chi connectivity index (χ1v) is 6.89. The lowest BCUT2D eigenvalue weighted by atomic mass is 10.1. The highest BCUT2D eigenvalue weighted by Gasteiger charge is 2.09. The molecule has 1 amide bonds. The van der Waals surface area contributed by atoms with Gasteiger partial charge in [0.2, 0.25) is 5.91 Å². The second-order valence-corrected chi connectivity index (χ2v) is 5.46. The topological polar surface area (TPSA) is 34.0 Å². The normalized spacial score (nSPS) is 11.2. The molecule has 0 aliphatic carbocycles. The van der Waals surface area contributed by atoms with E-state index in [1.54, 1.807) is 0 Å². The lowest BCUT2D eigenvalue weighted by molar-refractivity contribution is -0.121. The van der Waals surface area contributed by atoms with Gasteiger partial charge in [0.25, 0.3) is 0 Å². The van der Waals surface area contributed by atoms with E-state index in [9.17, 15) is 4.79 Å². The smallest absolute Gasteiger partial charge is 0.239 e. The molecule has 0 bridgehead atoms. The third kappa shape index (κ3) is 3.37. The molecule has 0 spiro atoms. The number of carbonyl (C=O) groups excluding carboxylic acids is 1. The summed E-state index contributed by atoms with van der Waals surface area (Å²) in [5.41, 5.74) is 2.25. The standard InChI is InChI=1S/C16H22N2O/c1-12(2)8-9-17-16(19)11-18-13(3)10-14-6-4-5-7-15(14)18/h4-7,10,12H,8-9,11H2,1-3H3,(H,17,19). The number of aromatic nitrogens is 1. The number of rotatable bonds is 5. The second-order valence-electron chi connectivity index (χ2n) is 5.46. The van der Waals surface area contributed by atoms with Crippen molar-refractivity contribution in [1.29, 1.82) is 0 Å². The van der Waals surface area contributed by atoms with Crippen LogP contribution in [-0.2, 0) is 11.3 Å². The molecule has 3 heteroatoms. The van der Waals surface area contributed by atoms with Gasteiger partial charge in [-0.05, 0) is 36.8 Å². The van der Waals surface area contributed by atoms with E-state index >= 15 is 0 Å². The first-order valence-electron chi connectivity index (χ1n) is 6.89. The van der Waals surface area contributed by atoms with E-state index in [1.165, 1.54) is 5.39 Å². The van der Waals surface area contributed by atoms with E-state index in [2.05, 4.69) is 41.9 Å².